The van der Waals surface area contributed by atoms with Gasteiger partial charge in [-0.15, -0.1) is 10.2 Å². The first-order valence-corrected chi connectivity index (χ1v) is 13.8. The van der Waals surface area contributed by atoms with Gasteiger partial charge in [0.05, 0.1) is 24.8 Å². The summed E-state index contributed by atoms with van der Waals surface area (Å²) in [6.45, 7) is 2.91. The van der Waals surface area contributed by atoms with Gasteiger partial charge in [-0.2, -0.15) is 13.2 Å². The molecule has 4 heterocycles. The van der Waals surface area contributed by atoms with Gasteiger partial charge >= 0.3 is 6.18 Å². The number of fused-ring (bicyclic) bond motifs is 3. The number of aromatic nitrogens is 4. The van der Waals surface area contributed by atoms with Gasteiger partial charge in [0.2, 0.25) is 0 Å². The van der Waals surface area contributed by atoms with Crippen molar-refractivity contribution < 1.29 is 17.9 Å². The van der Waals surface area contributed by atoms with Crippen molar-refractivity contribution in [1.29, 1.82) is 0 Å². The standard InChI is InChI=1S/C28H28ClF3N6O/c1-39-21-3-2-6-33-24(21)36-15-25(16-36)8-18(9-25)23-35-34-22-11-37(27-12-26(13-27,14-27)28(30,31)32)10-17-7-19(29)4-5-20(17)38(22)23/h2-7,18H,8-16H2,1H3. The number of benzene rings is 1. The zero-order chi connectivity index (χ0) is 26.8. The molecule has 7 nitrogen and oxygen atoms in total. The van der Waals surface area contributed by atoms with Crippen molar-refractivity contribution in [3.63, 3.8) is 0 Å². The van der Waals surface area contributed by atoms with Crippen molar-refractivity contribution in [1.82, 2.24) is 24.6 Å². The van der Waals surface area contributed by atoms with E-state index in [1.165, 1.54) is 0 Å². The molecular weight excluding hydrogens is 529 g/mol. The summed E-state index contributed by atoms with van der Waals surface area (Å²) in [5.41, 5.74) is 0.323. The minimum Gasteiger partial charge on any atom is -0.493 e. The summed E-state index contributed by atoms with van der Waals surface area (Å²) in [5.74, 6) is 3.69. The Balaban J connectivity index is 1.05. The SMILES string of the molecule is COc1cccnc1N1CC2(CC(c3nnc4n3-c3ccc(Cl)cc3CN(C35CC(C(F)(F)F)(C3)C5)C4)C2)C1. The molecule has 0 N–H and O–H groups in total. The molecule has 2 bridgehead atoms. The van der Waals surface area contributed by atoms with Gasteiger partial charge in [-0.1, -0.05) is 11.6 Å². The molecule has 204 valence electrons. The number of hydrogen-bond acceptors (Lipinski definition) is 6. The molecule has 3 aromatic rings. The van der Waals surface area contributed by atoms with Crippen molar-refractivity contribution in [3.8, 4) is 11.4 Å². The zero-order valence-electron chi connectivity index (χ0n) is 21.5. The number of ether oxygens (including phenoxy) is 1. The predicted molar refractivity (Wildman–Crippen MR) is 138 cm³/mol. The van der Waals surface area contributed by atoms with Crippen LogP contribution in [-0.2, 0) is 13.1 Å². The van der Waals surface area contributed by atoms with Crippen LogP contribution in [0.3, 0.4) is 0 Å². The van der Waals surface area contributed by atoms with E-state index in [9.17, 15) is 13.2 Å². The first kappa shape index (κ1) is 24.0. The van der Waals surface area contributed by atoms with Crippen LogP contribution in [0.15, 0.2) is 36.5 Å². The van der Waals surface area contributed by atoms with E-state index in [1.807, 2.05) is 30.3 Å². The minimum absolute atomic E-state index is 0.170. The van der Waals surface area contributed by atoms with Gasteiger partial charge < -0.3 is 9.64 Å². The third kappa shape index (κ3) is 3.24. The van der Waals surface area contributed by atoms with Gasteiger partial charge in [0.25, 0.3) is 0 Å². The number of methoxy groups -OCH3 is 1. The van der Waals surface area contributed by atoms with E-state index >= 15 is 0 Å². The minimum atomic E-state index is -4.13. The number of rotatable bonds is 4. The Morgan fingerprint density at radius 2 is 1.82 bits per heavy atom. The normalized spacial score (nSPS) is 28.9. The highest BCUT2D eigenvalue weighted by Crippen LogP contribution is 2.75. The van der Waals surface area contributed by atoms with Gasteiger partial charge in [-0.25, -0.2) is 4.98 Å². The molecule has 0 unspecified atom stereocenters. The molecule has 0 radical (unpaired) electrons. The highest BCUT2D eigenvalue weighted by atomic mass is 35.5. The van der Waals surface area contributed by atoms with Crippen LogP contribution in [0.2, 0.25) is 5.02 Å². The Morgan fingerprint density at radius 1 is 1.05 bits per heavy atom. The molecule has 5 fully saturated rings. The highest BCUT2D eigenvalue weighted by Gasteiger charge is 2.80. The lowest BCUT2D eigenvalue weighted by atomic mass is 9.38. The van der Waals surface area contributed by atoms with E-state index in [-0.39, 0.29) is 30.6 Å². The molecule has 39 heavy (non-hydrogen) atoms. The second-order valence-corrected chi connectivity index (χ2v) is 12.9. The lowest BCUT2D eigenvalue weighted by molar-refractivity contribution is -0.364. The van der Waals surface area contributed by atoms with Crippen molar-refractivity contribution in [3.05, 3.63) is 58.8 Å². The molecule has 1 saturated heterocycles. The maximum absolute atomic E-state index is 13.6. The Hall–Kier alpha value is -2.85. The molecular formula is C28H28ClF3N6O. The van der Waals surface area contributed by atoms with E-state index in [1.54, 1.807) is 13.3 Å². The molecule has 4 aliphatic carbocycles. The zero-order valence-corrected chi connectivity index (χ0v) is 22.3. The Morgan fingerprint density at radius 3 is 2.54 bits per heavy atom. The smallest absolute Gasteiger partial charge is 0.394 e. The summed E-state index contributed by atoms with van der Waals surface area (Å²) in [6.07, 6.45) is 0.201. The summed E-state index contributed by atoms with van der Waals surface area (Å²) in [6, 6.07) is 9.63. The van der Waals surface area contributed by atoms with E-state index < -0.39 is 17.1 Å². The van der Waals surface area contributed by atoms with Gasteiger partial charge in [-0.05, 0) is 68.0 Å². The Bertz CT molecular complexity index is 1470. The third-order valence-electron chi connectivity index (χ3n) is 10.1. The lowest BCUT2D eigenvalue weighted by Gasteiger charge is -2.73. The van der Waals surface area contributed by atoms with E-state index in [4.69, 9.17) is 16.3 Å². The largest absolute Gasteiger partial charge is 0.493 e. The van der Waals surface area contributed by atoms with Crippen molar-refractivity contribution in [2.24, 2.45) is 10.8 Å². The molecule has 11 heteroatoms. The number of hydrogen-bond donors (Lipinski definition) is 0. The fourth-order valence-electron chi connectivity index (χ4n) is 8.12. The Labute approximate surface area is 228 Å². The van der Waals surface area contributed by atoms with E-state index in [2.05, 4.69) is 29.5 Å². The average Bonchev–Trinajstić information content (AvgIpc) is 3.10. The van der Waals surface area contributed by atoms with Crippen LogP contribution in [0.25, 0.3) is 5.69 Å². The topological polar surface area (TPSA) is 59.3 Å². The lowest BCUT2D eigenvalue weighted by Crippen LogP contribution is -2.78. The number of pyridine rings is 1. The molecule has 6 aliphatic rings. The molecule has 0 atom stereocenters. The molecule has 2 aliphatic heterocycles. The molecule has 2 aromatic heterocycles. The Kier molecular flexibility index (Phi) is 4.71. The van der Waals surface area contributed by atoms with E-state index in [0.29, 0.717) is 18.1 Å². The fourth-order valence-corrected chi connectivity index (χ4v) is 8.31. The van der Waals surface area contributed by atoms with Crippen LogP contribution in [0.1, 0.15) is 55.2 Å². The predicted octanol–water partition coefficient (Wildman–Crippen LogP) is 5.51. The van der Waals surface area contributed by atoms with Crippen LogP contribution in [0.5, 0.6) is 5.75 Å². The molecule has 1 aromatic carbocycles. The van der Waals surface area contributed by atoms with Crippen LogP contribution in [-0.4, -0.2) is 56.6 Å². The van der Waals surface area contributed by atoms with Crippen molar-refractivity contribution in [2.45, 2.75) is 62.8 Å². The second-order valence-electron chi connectivity index (χ2n) is 12.5. The number of alkyl halides is 3. The van der Waals surface area contributed by atoms with Crippen molar-refractivity contribution >= 4 is 17.4 Å². The summed E-state index contributed by atoms with van der Waals surface area (Å²) < 4.78 is 48.4. The van der Waals surface area contributed by atoms with Crippen LogP contribution in [0, 0.1) is 10.8 Å². The van der Waals surface area contributed by atoms with Crippen LogP contribution >= 0.6 is 11.6 Å². The summed E-state index contributed by atoms with van der Waals surface area (Å²) >= 11 is 6.40. The molecule has 1 spiro atoms. The van der Waals surface area contributed by atoms with Gasteiger partial charge in [-0.3, -0.25) is 9.47 Å². The van der Waals surface area contributed by atoms with Crippen LogP contribution < -0.4 is 9.64 Å². The molecule has 4 saturated carbocycles. The maximum Gasteiger partial charge on any atom is 0.394 e. The van der Waals surface area contributed by atoms with Crippen molar-refractivity contribution in [2.75, 3.05) is 25.1 Å². The summed E-state index contributed by atoms with van der Waals surface area (Å²) in [4.78, 5) is 8.98. The maximum atomic E-state index is 13.6. The number of anilines is 1. The third-order valence-corrected chi connectivity index (χ3v) is 10.3. The van der Waals surface area contributed by atoms with E-state index in [0.717, 1.165) is 60.4 Å². The van der Waals surface area contributed by atoms with Gasteiger partial charge in [0, 0.05) is 47.7 Å². The molecule has 0 amide bonds. The number of nitrogens with zero attached hydrogens (tertiary/aromatic N) is 6. The average molecular weight is 557 g/mol. The second kappa shape index (κ2) is 7.66. The quantitative estimate of drug-likeness (QED) is 0.422. The van der Waals surface area contributed by atoms with Gasteiger partial charge in [0.1, 0.15) is 5.82 Å². The summed E-state index contributed by atoms with van der Waals surface area (Å²) in [7, 11) is 1.67. The first-order chi connectivity index (χ1) is 18.6. The fraction of sp³-hybridized carbons (Fsp3) is 0.536. The summed E-state index contributed by atoms with van der Waals surface area (Å²) in [5, 5.41) is 9.89. The number of halogens is 4. The monoisotopic (exact) mass is 556 g/mol. The molecule has 9 rings (SSSR count). The highest BCUT2D eigenvalue weighted by molar-refractivity contribution is 6.30. The van der Waals surface area contributed by atoms with Crippen LogP contribution in [0.4, 0.5) is 19.0 Å². The first-order valence-electron chi connectivity index (χ1n) is 13.4. The van der Waals surface area contributed by atoms with Gasteiger partial charge in [0.15, 0.2) is 17.4 Å².